The number of hydrogen-bond acceptors (Lipinski definition) is 4. The first-order valence-corrected chi connectivity index (χ1v) is 13.4. The maximum absolute atomic E-state index is 11.1. The zero-order valence-electron chi connectivity index (χ0n) is 20.0. The minimum absolute atomic E-state index is 0.0824. The van der Waals surface area contributed by atoms with Gasteiger partial charge >= 0.3 is 0 Å². The van der Waals surface area contributed by atoms with E-state index in [4.69, 9.17) is 13.9 Å². The molecule has 0 aromatic heterocycles. The molecule has 0 bridgehead atoms. The quantitative estimate of drug-likeness (QED) is 0.377. The van der Waals surface area contributed by atoms with Crippen LogP contribution in [0.15, 0.2) is 72.5 Å². The average Bonchev–Trinajstić information content (AvgIpc) is 3.07. The van der Waals surface area contributed by atoms with Crippen molar-refractivity contribution in [2.75, 3.05) is 6.61 Å². The summed E-state index contributed by atoms with van der Waals surface area (Å²) in [5.74, 6) is 0.599. The molecule has 2 aromatic carbocycles. The molecule has 3 rings (SSSR count). The van der Waals surface area contributed by atoms with Crippen molar-refractivity contribution in [1.29, 1.82) is 0 Å². The first-order valence-electron chi connectivity index (χ1n) is 11.5. The van der Waals surface area contributed by atoms with Crippen molar-refractivity contribution in [3.05, 3.63) is 72.5 Å². The number of ether oxygens (including phenoxy) is 2. The van der Waals surface area contributed by atoms with Gasteiger partial charge < -0.3 is 13.9 Å². The number of benzene rings is 2. The van der Waals surface area contributed by atoms with Crippen LogP contribution < -0.4 is 10.4 Å². The van der Waals surface area contributed by atoms with Crippen LogP contribution in [0.4, 0.5) is 0 Å². The SMILES string of the molecule is CCC[C@]1(C)C=C(OC=O)[C@H](CCO[Si](c2ccccc2)(c2ccccc2)C(C)(C)C)O1. The van der Waals surface area contributed by atoms with Crippen LogP contribution in [0.3, 0.4) is 0 Å². The van der Waals surface area contributed by atoms with Crippen molar-refractivity contribution >= 4 is 25.2 Å². The highest BCUT2D eigenvalue weighted by molar-refractivity contribution is 6.99. The topological polar surface area (TPSA) is 44.8 Å². The lowest BCUT2D eigenvalue weighted by atomic mass is 10.0. The van der Waals surface area contributed by atoms with Crippen LogP contribution in [0.2, 0.25) is 5.04 Å². The van der Waals surface area contributed by atoms with Gasteiger partial charge in [0.25, 0.3) is 14.8 Å². The summed E-state index contributed by atoms with van der Waals surface area (Å²) in [6.07, 6.45) is 4.18. The van der Waals surface area contributed by atoms with Crippen LogP contribution in [0, 0.1) is 0 Å². The minimum atomic E-state index is -2.60. The third-order valence-corrected chi connectivity index (χ3v) is 11.3. The number of hydrogen-bond donors (Lipinski definition) is 0. The standard InChI is InChI=1S/C27H36O4Si/c1-6-18-27(5)20-25(29-21-28)24(31-27)17-19-30-32(26(2,3)4,22-13-9-7-10-14-22)23-15-11-8-12-16-23/h7-16,20-21,24H,6,17-19H2,1-5H3/t24-,27+/m0/s1. The van der Waals surface area contributed by atoms with Crippen molar-refractivity contribution in [2.45, 2.75) is 70.6 Å². The van der Waals surface area contributed by atoms with Gasteiger partial charge in [-0.3, -0.25) is 4.79 Å². The Bertz CT molecular complexity index is 865. The van der Waals surface area contributed by atoms with Crippen LogP contribution in [0.25, 0.3) is 0 Å². The first-order chi connectivity index (χ1) is 15.3. The number of rotatable bonds is 10. The van der Waals surface area contributed by atoms with E-state index in [1.165, 1.54) is 10.4 Å². The second-order valence-electron chi connectivity index (χ2n) is 9.73. The van der Waals surface area contributed by atoms with Crippen molar-refractivity contribution < 1.29 is 18.7 Å². The van der Waals surface area contributed by atoms with Gasteiger partial charge in [0.2, 0.25) is 0 Å². The van der Waals surface area contributed by atoms with Crippen LogP contribution in [-0.2, 0) is 18.7 Å². The summed E-state index contributed by atoms with van der Waals surface area (Å²) in [6.45, 7) is 12.0. The molecule has 2 aromatic rings. The van der Waals surface area contributed by atoms with E-state index in [-0.39, 0.29) is 11.1 Å². The lowest BCUT2D eigenvalue weighted by Crippen LogP contribution is -2.66. The molecule has 2 atom stereocenters. The second kappa shape index (κ2) is 10.2. The summed E-state index contributed by atoms with van der Waals surface area (Å²) in [7, 11) is -2.60. The highest BCUT2D eigenvalue weighted by atomic mass is 28.4. The molecule has 1 heterocycles. The predicted molar refractivity (Wildman–Crippen MR) is 132 cm³/mol. The van der Waals surface area contributed by atoms with E-state index in [2.05, 4.69) is 76.2 Å². The van der Waals surface area contributed by atoms with E-state index >= 15 is 0 Å². The summed E-state index contributed by atoms with van der Waals surface area (Å²) in [5.41, 5.74) is -0.408. The van der Waals surface area contributed by atoms with Crippen LogP contribution in [0.5, 0.6) is 0 Å². The van der Waals surface area contributed by atoms with Gasteiger partial charge in [0.1, 0.15) is 11.9 Å². The first kappa shape index (κ1) is 24.4. The van der Waals surface area contributed by atoms with Crippen LogP contribution >= 0.6 is 0 Å². The summed E-state index contributed by atoms with van der Waals surface area (Å²) in [4.78, 5) is 11.1. The maximum atomic E-state index is 11.1. The van der Waals surface area contributed by atoms with Crippen LogP contribution in [0.1, 0.15) is 53.9 Å². The van der Waals surface area contributed by atoms with Crippen molar-refractivity contribution in [3.63, 3.8) is 0 Å². The zero-order chi connectivity index (χ0) is 23.2. The number of carbonyl (C=O) groups is 1. The van der Waals surface area contributed by atoms with E-state index in [9.17, 15) is 4.79 Å². The molecule has 4 nitrogen and oxygen atoms in total. The molecule has 0 unspecified atom stereocenters. The molecule has 0 N–H and O–H groups in total. The van der Waals surface area contributed by atoms with E-state index in [1.807, 2.05) is 25.1 Å². The average molecular weight is 453 g/mol. The van der Waals surface area contributed by atoms with Crippen molar-refractivity contribution in [1.82, 2.24) is 0 Å². The Balaban J connectivity index is 1.89. The Labute approximate surface area is 193 Å². The lowest BCUT2D eigenvalue weighted by molar-refractivity contribution is -0.127. The molecule has 5 heteroatoms. The third-order valence-electron chi connectivity index (χ3n) is 6.22. The van der Waals surface area contributed by atoms with E-state index in [0.29, 0.717) is 25.3 Å². The molecule has 32 heavy (non-hydrogen) atoms. The molecular formula is C27H36O4Si. The molecule has 0 saturated carbocycles. The molecule has 1 aliphatic rings. The second-order valence-corrected chi connectivity index (χ2v) is 14.0. The van der Waals surface area contributed by atoms with Gasteiger partial charge in [-0.2, -0.15) is 0 Å². The fourth-order valence-corrected chi connectivity index (χ4v) is 9.47. The van der Waals surface area contributed by atoms with Crippen LogP contribution in [-0.4, -0.2) is 33.1 Å². The molecule has 0 saturated heterocycles. The lowest BCUT2D eigenvalue weighted by Gasteiger charge is -2.43. The Morgan fingerprint density at radius 1 is 1.03 bits per heavy atom. The van der Waals surface area contributed by atoms with Gasteiger partial charge in [0.05, 0.1) is 5.60 Å². The smallest absolute Gasteiger partial charge is 0.298 e. The summed E-state index contributed by atoms with van der Waals surface area (Å²) < 4.78 is 18.6. The molecule has 0 radical (unpaired) electrons. The Kier molecular flexibility index (Phi) is 7.75. The molecule has 0 amide bonds. The Hall–Kier alpha value is -2.21. The van der Waals surface area contributed by atoms with Crippen molar-refractivity contribution in [2.24, 2.45) is 0 Å². The molecule has 172 valence electrons. The van der Waals surface area contributed by atoms with Gasteiger partial charge in [-0.25, -0.2) is 0 Å². The Morgan fingerprint density at radius 2 is 1.59 bits per heavy atom. The highest BCUT2D eigenvalue weighted by Crippen LogP contribution is 2.38. The fraction of sp³-hybridized carbons (Fsp3) is 0.444. The molecule has 0 aliphatic carbocycles. The third kappa shape index (κ3) is 5.06. The van der Waals surface area contributed by atoms with Gasteiger partial charge in [0.15, 0.2) is 0 Å². The normalized spacial score (nSPS) is 21.3. The van der Waals surface area contributed by atoms with Gasteiger partial charge in [0, 0.05) is 13.0 Å². The largest absolute Gasteiger partial charge is 0.431 e. The Morgan fingerprint density at radius 3 is 2.06 bits per heavy atom. The van der Waals surface area contributed by atoms with Gasteiger partial charge in [-0.05, 0) is 34.8 Å². The van der Waals surface area contributed by atoms with Gasteiger partial charge in [-0.1, -0.05) is 94.8 Å². The van der Waals surface area contributed by atoms with Crippen molar-refractivity contribution in [3.8, 4) is 0 Å². The molecule has 1 aliphatic heterocycles. The number of carbonyl (C=O) groups excluding carboxylic acids is 1. The molecule has 0 fully saturated rings. The maximum Gasteiger partial charge on any atom is 0.298 e. The zero-order valence-corrected chi connectivity index (χ0v) is 21.0. The summed E-state index contributed by atoms with van der Waals surface area (Å²) >= 11 is 0. The summed E-state index contributed by atoms with van der Waals surface area (Å²) in [6, 6.07) is 21.2. The predicted octanol–water partition coefficient (Wildman–Crippen LogP) is 4.97. The summed E-state index contributed by atoms with van der Waals surface area (Å²) in [5, 5.41) is 2.42. The van der Waals surface area contributed by atoms with Gasteiger partial charge in [-0.15, -0.1) is 0 Å². The van der Waals surface area contributed by atoms with E-state index < -0.39 is 13.9 Å². The highest BCUT2D eigenvalue weighted by Gasteiger charge is 2.50. The minimum Gasteiger partial charge on any atom is -0.431 e. The molecule has 0 spiro atoms. The van der Waals surface area contributed by atoms with E-state index in [1.54, 1.807) is 0 Å². The fourth-order valence-electron chi connectivity index (χ4n) is 4.89. The monoisotopic (exact) mass is 452 g/mol. The molecular weight excluding hydrogens is 416 g/mol. The van der Waals surface area contributed by atoms with E-state index in [0.717, 1.165) is 12.8 Å².